The highest BCUT2D eigenvalue weighted by Gasteiger charge is 2.45. The molecule has 0 spiro atoms. The van der Waals surface area contributed by atoms with E-state index in [0.717, 1.165) is 0 Å². The summed E-state index contributed by atoms with van der Waals surface area (Å²) in [7, 11) is -3.76. The Bertz CT molecular complexity index is 1440. The highest BCUT2D eigenvalue weighted by molar-refractivity contribution is 7.90. The zero-order chi connectivity index (χ0) is 25.6. The van der Waals surface area contributed by atoms with Gasteiger partial charge in [-0.1, -0.05) is 48.5 Å². The molecule has 0 radical (unpaired) electrons. The van der Waals surface area contributed by atoms with Crippen LogP contribution < -0.4 is 10.3 Å². The number of sulfonamides is 1. The highest BCUT2D eigenvalue weighted by atomic mass is 32.2. The number of hydrogen-bond acceptors (Lipinski definition) is 4. The summed E-state index contributed by atoms with van der Waals surface area (Å²) in [5.74, 6) is -1.38. The van der Waals surface area contributed by atoms with Gasteiger partial charge in [-0.2, -0.15) is 0 Å². The lowest BCUT2D eigenvalue weighted by molar-refractivity contribution is 0.220. The maximum atomic E-state index is 15.8. The van der Waals surface area contributed by atoms with E-state index in [4.69, 9.17) is 0 Å². The van der Waals surface area contributed by atoms with Gasteiger partial charge in [0.05, 0.1) is 23.3 Å². The number of benzene rings is 2. The molecular weight excluding hydrogens is 484 g/mol. The Labute approximate surface area is 209 Å². The molecule has 2 aliphatic rings. The average Bonchev–Trinajstić information content (AvgIpc) is 3.69. The molecule has 9 heteroatoms. The largest absolute Gasteiger partial charge is 0.296 e. The van der Waals surface area contributed by atoms with Crippen LogP contribution in [0.4, 0.5) is 8.78 Å². The Morgan fingerprint density at radius 3 is 2.50 bits per heavy atom. The Balaban J connectivity index is 1.62. The van der Waals surface area contributed by atoms with Gasteiger partial charge >= 0.3 is 0 Å². The number of alkyl halides is 1. The Morgan fingerprint density at radius 1 is 1.11 bits per heavy atom. The molecular formula is C27H29F2N3O3S. The number of halogens is 2. The van der Waals surface area contributed by atoms with Gasteiger partial charge in [0, 0.05) is 29.5 Å². The van der Waals surface area contributed by atoms with Crippen molar-refractivity contribution < 1.29 is 17.2 Å². The minimum atomic E-state index is -3.76. The van der Waals surface area contributed by atoms with Crippen LogP contribution in [-0.4, -0.2) is 35.4 Å². The van der Waals surface area contributed by atoms with E-state index in [1.54, 1.807) is 30.3 Å². The molecule has 1 heterocycles. The van der Waals surface area contributed by atoms with Crippen LogP contribution in [0.5, 0.6) is 0 Å². The van der Waals surface area contributed by atoms with Crippen molar-refractivity contribution in [2.45, 2.75) is 69.0 Å². The van der Waals surface area contributed by atoms with Crippen LogP contribution in [0.25, 0.3) is 11.1 Å². The Kier molecular flexibility index (Phi) is 6.55. The smallest absolute Gasteiger partial charge is 0.257 e. The van der Waals surface area contributed by atoms with E-state index < -0.39 is 39.2 Å². The number of rotatable bonds is 7. The molecule has 2 aromatic carbocycles. The predicted molar refractivity (Wildman–Crippen MR) is 135 cm³/mol. The second-order valence-corrected chi connectivity index (χ2v) is 12.0. The first-order chi connectivity index (χ1) is 17.2. The third kappa shape index (κ3) is 4.62. The minimum absolute atomic E-state index is 0.0448. The normalized spacial score (nSPS) is 22.0. The van der Waals surface area contributed by atoms with Crippen molar-refractivity contribution >= 4 is 10.0 Å². The van der Waals surface area contributed by atoms with Crippen molar-refractivity contribution in [1.82, 2.24) is 14.3 Å². The van der Waals surface area contributed by atoms with Gasteiger partial charge in [-0.05, 0) is 44.2 Å². The molecule has 5 rings (SSSR count). The molecule has 0 aliphatic heterocycles. The maximum Gasteiger partial charge on any atom is 0.257 e. The van der Waals surface area contributed by atoms with E-state index in [9.17, 15) is 13.2 Å². The fourth-order valence-electron chi connectivity index (χ4n) is 5.03. The van der Waals surface area contributed by atoms with Crippen LogP contribution in [0.15, 0.2) is 59.7 Å². The van der Waals surface area contributed by atoms with Gasteiger partial charge in [0.1, 0.15) is 12.0 Å². The molecule has 36 heavy (non-hydrogen) atoms. The van der Waals surface area contributed by atoms with Crippen LogP contribution >= 0.6 is 0 Å². The standard InChI is InChI=1S/C27H29F2N3O3S/c1-16(2)32-15-30-23-14-22(28)26(31-36(34,35)19-11-12-19)21(24(23)27(32)33)13-18-9-6-10-20(25(18)29)17-7-4-3-5-8-17/h3-10,15-16,19,21-22,26,31H,11-14H2,1-2H3. The summed E-state index contributed by atoms with van der Waals surface area (Å²) in [5.41, 5.74) is 1.59. The van der Waals surface area contributed by atoms with E-state index in [-0.39, 0.29) is 35.6 Å². The quantitative estimate of drug-likeness (QED) is 0.511. The lowest BCUT2D eigenvalue weighted by atomic mass is 9.77. The van der Waals surface area contributed by atoms with Gasteiger partial charge in [-0.25, -0.2) is 26.9 Å². The van der Waals surface area contributed by atoms with Gasteiger partial charge in [-0.3, -0.25) is 9.36 Å². The van der Waals surface area contributed by atoms with Crippen molar-refractivity contribution in [3.05, 3.63) is 87.9 Å². The van der Waals surface area contributed by atoms with Crippen molar-refractivity contribution in [2.24, 2.45) is 0 Å². The van der Waals surface area contributed by atoms with Gasteiger partial charge < -0.3 is 0 Å². The molecule has 0 bridgehead atoms. The summed E-state index contributed by atoms with van der Waals surface area (Å²) >= 11 is 0. The van der Waals surface area contributed by atoms with Crippen LogP contribution in [0.3, 0.4) is 0 Å². The first kappa shape index (κ1) is 24.8. The van der Waals surface area contributed by atoms with Crippen LogP contribution in [0, 0.1) is 5.82 Å². The van der Waals surface area contributed by atoms with Crippen molar-refractivity contribution in [3.8, 4) is 11.1 Å². The molecule has 1 fully saturated rings. The van der Waals surface area contributed by atoms with Crippen molar-refractivity contribution in [2.75, 3.05) is 0 Å². The highest BCUT2D eigenvalue weighted by Crippen LogP contribution is 2.37. The monoisotopic (exact) mass is 513 g/mol. The van der Waals surface area contributed by atoms with Crippen molar-refractivity contribution in [1.29, 1.82) is 0 Å². The molecule has 2 aliphatic carbocycles. The van der Waals surface area contributed by atoms with Gasteiger partial charge in [0.25, 0.3) is 5.56 Å². The van der Waals surface area contributed by atoms with E-state index in [1.807, 2.05) is 32.0 Å². The van der Waals surface area contributed by atoms with Crippen LogP contribution in [0.1, 0.15) is 55.5 Å². The third-order valence-electron chi connectivity index (χ3n) is 7.12. The Hall–Kier alpha value is -2.91. The first-order valence-electron chi connectivity index (χ1n) is 12.2. The molecule has 190 valence electrons. The summed E-state index contributed by atoms with van der Waals surface area (Å²) in [6.45, 7) is 3.67. The van der Waals surface area contributed by atoms with Gasteiger partial charge in [-0.15, -0.1) is 0 Å². The summed E-state index contributed by atoms with van der Waals surface area (Å²) in [6.07, 6.45) is 0.631. The van der Waals surface area contributed by atoms with Crippen LogP contribution in [-0.2, 0) is 22.9 Å². The number of hydrogen-bond donors (Lipinski definition) is 1. The van der Waals surface area contributed by atoms with Gasteiger partial charge in [0.2, 0.25) is 10.0 Å². The molecule has 3 unspecified atom stereocenters. The molecule has 1 saturated carbocycles. The summed E-state index contributed by atoms with van der Waals surface area (Å²) < 4.78 is 61.0. The summed E-state index contributed by atoms with van der Waals surface area (Å²) in [5, 5.41) is -0.550. The van der Waals surface area contributed by atoms with Gasteiger partial charge in [0.15, 0.2) is 0 Å². The Morgan fingerprint density at radius 2 is 1.83 bits per heavy atom. The zero-order valence-electron chi connectivity index (χ0n) is 20.2. The molecule has 0 amide bonds. The third-order valence-corrected chi connectivity index (χ3v) is 9.07. The topological polar surface area (TPSA) is 81.1 Å². The molecule has 1 N–H and O–H groups in total. The lowest BCUT2D eigenvalue weighted by Crippen LogP contribution is -2.52. The number of nitrogens with one attached hydrogen (secondary N) is 1. The second-order valence-electron chi connectivity index (χ2n) is 9.97. The molecule has 6 nitrogen and oxygen atoms in total. The van der Waals surface area contributed by atoms with Crippen molar-refractivity contribution in [3.63, 3.8) is 0 Å². The number of nitrogens with zero attached hydrogens (tertiary/aromatic N) is 2. The first-order valence-corrected chi connectivity index (χ1v) is 13.8. The molecule has 3 atom stereocenters. The summed E-state index contributed by atoms with van der Waals surface area (Å²) in [6, 6.07) is 12.7. The average molecular weight is 514 g/mol. The lowest BCUT2D eigenvalue weighted by Gasteiger charge is -2.36. The zero-order valence-corrected chi connectivity index (χ0v) is 21.0. The number of fused-ring (bicyclic) bond motifs is 1. The maximum absolute atomic E-state index is 15.8. The van der Waals surface area contributed by atoms with E-state index >= 15 is 8.78 Å². The van der Waals surface area contributed by atoms with E-state index in [1.165, 1.54) is 10.9 Å². The van der Waals surface area contributed by atoms with E-state index in [0.29, 0.717) is 29.7 Å². The molecule has 0 saturated heterocycles. The molecule has 3 aromatic rings. The SMILES string of the molecule is CC(C)n1cnc2c(c1=O)C(Cc1cccc(-c3ccccc3)c1F)C(NS(=O)(=O)C1CC1)C(F)C2. The fourth-order valence-corrected chi connectivity index (χ4v) is 6.67. The minimum Gasteiger partial charge on any atom is -0.296 e. The summed E-state index contributed by atoms with van der Waals surface area (Å²) in [4.78, 5) is 17.9. The fraction of sp³-hybridized carbons (Fsp3) is 0.407. The van der Waals surface area contributed by atoms with E-state index in [2.05, 4.69) is 9.71 Å². The number of aromatic nitrogens is 2. The molecule has 1 aromatic heterocycles. The second kappa shape index (κ2) is 9.52. The van der Waals surface area contributed by atoms with Crippen LogP contribution in [0.2, 0.25) is 0 Å². The predicted octanol–water partition coefficient (Wildman–Crippen LogP) is 4.30.